The molecule has 1 aliphatic heterocycles. The van der Waals surface area contributed by atoms with Gasteiger partial charge in [-0.15, -0.1) is 0 Å². The molecule has 1 fully saturated rings. The Kier molecular flexibility index (Phi) is 8.02. The van der Waals surface area contributed by atoms with Crippen molar-refractivity contribution in [1.82, 2.24) is 35.1 Å². The number of nitrogens with one attached hydrogen (secondary N) is 2. The molecule has 39 heavy (non-hydrogen) atoms. The molecule has 4 heterocycles. The monoisotopic (exact) mass is 528 g/mol. The summed E-state index contributed by atoms with van der Waals surface area (Å²) in [5, 5.41) is 6.15. The van der Waals surface area contributed by atoms with Gasteiger partial charge in [0.05, 0.1) is 16.8 Å². The molecular formula is C29H33FN8O. The molecule has 1 aromatic carbocycles. The number of hydrogen-bond acceptors (Lipinski definition) is 8. The van der Waals surface area contributed by atoms with Crippen molar-refractivity contribution in [3.63, 3.8) is 0 Å². The number of fused-ring (bicyclic) bond motifs is 1. The maximum absolute atomic E-state index is 14.7. The Labute approximate surface area is 227 Å². The number of hydrogen-bond donors (Lipinski definition) is 2. The lowest BCUT2D eigenvalue weighted by Crippen LogP contribution is -2.31. The fourth-order valence-electron chi connectivity index (χ4n) is 5.07. The number of benzene rings is 1. The van der Waals surface area contributed by atoms with E-state index in [0.29, 0.717) is 23.8 Å². The van der Waals surface area contributed by atoms with Crippen molar-refractivity contribution in [3.05, 3.63) is 72.0 Å². The third-order valence-electron chi connectivity index (χ3n) is 7.44. The minimum Gasteiger partial charge on any atom is -0.369 e. The van der Waals surface area contributed by atoms with Crippen molar-refractivity contribution >= 4 is 22.6 Å². The van der Waals surface area contributed by atoms with Crippen LogP contribution in [0.2, 0.25) is 0 Å². The van der Waals surface area contributed by atoms with E-state index in [1.165, 1.54) is 44.5 Å². The van der Waals surface area contributed by atoms with Gasteiger partial charge in [0, 0.05) is 61.5 Å². The summed E-state index contributed by atoms with van der Waals surface area (Å²) in [5.41, 5.74) is 3.15. The molecular weight excluding hydrogens is 495 g/mol. The predicted octanol–water partition coefficient (Wildman–Crippen LogP) is 4.08. The number of aromatic nitrogens is 5. The lowest BCUT2D eigenvalue weighted by Gasteiger charge is -2.28. The quantitative estimate of drug-likeness (QED) is 0.352. The van der Waals surface area contributed by atoms with Gasteiger partial charge >= 0.3 is 0 Å². The second-order valence-corrected chi connectivity index (χ2v) is 10.2. The predicted molar refractivity (Wildman–Crippen MR) is 149 cm³/mol. The van der Waals surface area contributed by atoms with Gasteiger partial charge in [-0.2, -0.15) is 0 Å². The summed E-state index contributed by atoms with van der Waals surface area (Å²) < 4.78 is 14.7. The molecule has 9 nitrogen and oxygen atoms in total. The van der Waals surface area contributed by atoms with Crippen LogP contribution < -0.4 is 10.6 Å². The maximum Gasteiger partial charge on any atom is 0.251 e. The molecule has 0 bridgehead atoms. The van der Waals surface area contributed by atoms with Crippen LogP contribution in [0.5, 0.6) is 0 Å². The van der Waals surface area contributed by atoms with Gasteiger partial charge in [-0.1, -0.05) is 13.0 Å². The number of carbonyl (C=O) groups is 1. The number of halogens is 1. The molecule has 1 amide bonds. The molecule has 3 aromatic heterocycles. The first kappa shape index (κ1) is 26.6. The Morgan fingerprint density at radius 2 is 1.87 bits per heavy atom. The first-order chi connectivity index (χ1) is 18.9. The van der Waals surface area contributed by atoms with Crippen LogP contribution in [0.3, 0.4) is 0 Å². The van der Waals surface area contributed by atoms with Crippen molar-refractivity contribution in [1.29, 1.82) is 0 Å². The van der Waals surface area contributed by atoms with Gasteiger partial charge in [0.15, 0.2) is 0 Å². The Hall–Kier alpha value is -4.05. The molecule has 4 aromatic rings. The molecule has 2 N–H and O–H groups in total. The minimum absolute atomic E-state index is 0.0406. The molecule has 0 aliphatic carbocycles. The Bertz CT molecular complexity index is 1450. The molecule has 0 spiro atoms. The van der Waals surface area contributed by atoms with E-state index in [4.69, 9.17) is 0 Å². The zero-order chi connectivity index (χ0) is 27.4. The molecule has 1 aliphatic rings. The molecule has 0 saturated carbocycles. The van der Waals surface area contributed by atoms with Crippen LogP contribution in [0, 0.1) is 11.7 Å². The summed E-state index contributed by atoms with van der Waals surface area (Å²) in [6, 6.07) is 6.51. The van der Waals surface area contributed by atoms with Crippen LogP contribution in [-0.2, 0) is 6.42 Å². The Balaban J connectivity index is 1.27. The standard InChI is InChI=1S/C29H33FN8O/c1-18(21-4-5-23(30)27-22(29(39)31-2)6-9-32-28(21)27)14-33-26-13-24(36-17-37-26)20-15-34-25(35-16-20)12-19-7-10-38(3)11-8-19/h4-6,9,13,15-19H,7-8,10-12,14H2,1-3H3,(H,31,39)(H,33,36,37)/t18-/m1/s1. The number of rotatable bonds is 8. The summed E-state index contributed by atoms with van der Waals surface area (Å²) in [4.78, 5) is 37.0. The van der Waals surface area contributed by atoms with Gasteiger partial charge in [-0.3, -0.25) is 9.78 Å². The second kappa shape index (κ2) is 11.8. The minimum atomic E-state index is -0.472. The van der Waals surface area contributed by atoms with Crippen LogP contribution >= 0.6 is 0 Å². The fourth-order valence-corrected chi connectivity index (χ4v) is 5.07. The molecule has 5 rings (SSSR count). The van der Waals surface area contributed by atoms with Crippen LogP contribution in [-0.4, -0.2) is 69.5 Å². The van der Waals surface area contributed by atoms with Crippen LogP contribution in [0.15, 0.2) is 49.2 Å². The molecule has 10 heteroatoms. The summed E-state index contributed by atoms with van der Waals surface area (Å²) in [6.45, 7) is 4.80. The van der Waals surface area contributed by atoms with Crippen LogP contribution in [0.25, 0.3) is 22.2 Å². The van der Waals surface area contributed by atoms with Crippen molar-refractivity contribution < 1.29 is 9.18 Å². The van der Waals surface area contributed by atoms with Crippen molar-refractivity contribution in [3.8, 4) is 11.3 Å². The number of anilines is 1. The lowest BCUT2D eigenvalue weighted by molar-refractivity contribution is 0.0964. The highest BCUT2D eigenvalue weighted by Crippen LogP contribution is 2.29. The highest BCUT2D eigenvalue weighted by molar-refractivity contribution is 6.06. The van der Waals surface area contributed by atoms with E-state index in [0.717, 1.165) is 42.2 Å². The number of likely N-dealkylation sites (tertiary alicyclic amines) is 1. The van der Waals surface area contributed by atoms with Crippen molar-refractivity contribution in [2.24, 2.45) is 5.92 Å². The average Bonchev–Trinajstić information content (AvgIpc) is 2.97. The summed E-state index contributed by atoms with van der Waals surface area (Å²) in [7, 11) is 3.69. The van der Waals surface area contributed by atoms with E-state index in [2.05, 4.69) is 47.5 Å². The smallest absolute Gasteiger partial charge is 0.251 e. The van der Waals surface area contributed by atoms with E-state index < -0.39 is 5.82 Å². The molecule has 202 valence electrons. The number of nitrogens with zero attached hydrogens (tertiary/aromatic N) is 6. The highest BCUT2D eigenvalue weighted by Gasteiger charge is 2.20. The van der Waals surface area contributed by atoms with E-state index in [1.54, 1.807) is 6.07 Å². The second-order valence-electron chi connectivity index (χ2n) is 10.2. The van der Waals surface area contributed by atoms with Crippen LogP contribution in [0.1, 0.15) is 47.4 Å². The number of carbonyl (C=O) groups excluding carboxylic acids is 1. The Morgan fingerprint density at radius 3 is 2.62 bits per heavy atom. The Morgan fingerprint density at radius 1 is 1.10 bits per heavy atom. The third-order valence-corrected chi connectivity index (χ3v) is 7.44. The fraction of sp³-hybridized carbons (Fsp3) is 0.379. The zero-order valence-corrected chi connectivity index (χ0v) is 22.5. The zero-order valence-electron chi connectivity index (χ0n) is 22.5. The summed E-state index contributed by atoms with van der Waals surface area (Å²) >= 11 is 0. The highest BCUT2D eigenvalue weighted by atomic mass is 19.1. The number of amides is 1. The SMILES string of the molecule is CNC(=O)c1ccnc2c([C@H](C)CNc3cc(-c4cnc(CC5CCN(C)CC5)nc4)ncn3)ccc(F)c12. The third kappa shape index (κ3) is 6.01. The van der Waals surface area contributed by atoms with E-state index in [9.17, 15) is 9.18 Å². The van der Waals surface area contributed by atoms with Gasteiger partial charge in [-0.05, 0) is 56.6 Å². The molecule has 0 unspecified atom stereocenters. The summed E-state index contributed by atoms with van der Waals surface area (Å²) in [5.74, 6) is 1.30. The van der Waals surface area contributed by atoms with Gasteiger partial charge in [0.1, 0.15) is 23.8 Å². The van der Waals surface area contributed by atoms with E-state index in [-0.39, 0.29) is 22.8 Å². The number of piperidine rings is 1. The topological polar surface area (TPSA) is 109 Å². The van der Waals surface area contributed by atoms with Gasteiger partial charge < -0.3 is 15.5 Å². The van der Waals surface area contributed by atoms with Gasteiger partial charge in [-0.25, -0.2) is 24.3 Å². The molecule has 0 radical (unpaired) electrons. The first-order valence-electron chi connectivity index (χ1n) is 13.3. The largest absolute Gasteiger partial charge is 0.369 e. The van der Waals surface area contributed by atoms with E-state index in [1.807, 2.05) is 25.4 Å². The van der Waals surface area contributed by atoms with E-state index >= 15 is 0 Å². The average molecular weight is 529 g/mol. The molecule has 1 saturated heterocycles. The van der Waals surface area contributed by atoms with Crippen molar-refractivity contribution in [2.45, 2.75) is 32.1 Å². The lowest BCUT2D eigenvalue weighted by atomic mass is 9.93. The first-order valence-corrected chi connectivity index (χ1v) is 13.3. The molecule has 1 atom stereocenters. The normalized spacial score (nSPS) is 15.3. The number of pyridine rings is 1. The van der Waals surface area contributed by atoms with Gasteiger partial charge in [0.25, 0.3) is 5.91 Å². The maximum atomic E-state index is 14.7. The summed E-state index contributed by atoms with van der Waals surface area (Å²) in [6.07, 6.45) is 9.96. The van der Waals surface area contributed by atoms with Crippen LogP contribution in [0.4, 0.5) is 10.2 Å². The van der Waals surface area contributed by atoms with Gasteiger partial charge in [0.2, 0.25) is 0 Å². The van der Waals surface area contributed by atoms with Crippen molar-refractivity contribution in [2.75, 3.05) is 39.0 Å².